The number of benzene rings is 1. The van der Waals surface area contributed by atoms with Crippen LogP contribution in [0.4, 0.5) is 5.69 Å². The molecular weight excluding hydrogens is 274 g/mol. The molecule has 0 spiro atoms. The highest BCUT2D eigenvalue weighted by molar-refractivity contribution is 6.19. The van der Waals surface area contributed by atoms with Gasteiger partial charge in [0.15, 0.2) is 0 Å². The summed E-state index contributed by atoms with van der Waals surface area (Å²) in [6, 6.07) is 9.37. The van der Waals surface area contributed by atoms with E-state index in [1.165, 1.54) is 10.5 Å². The molecule has 2 fully saturated rings. The van der Waals surface area contributed by atoms with Crippen LogP contribution in [0.15, 0.2) is 42.0 Å². The van der Waals surface area contributed by atoms with Crippen LogP contribution in [0, 0.1) is 11.3 Å². The van der Waals surface area contributed by atoms with Crippen LogP contribution in [0.1, 0.15) is 46.0 Å². The molecule has 1 aromatic carbocycles. The number of piperidine rings is 1. The zero-order valence-corrected chi connectivity index (χ0v) is 13.3. The zero-order valence-electron chi connectivity index (χ0n) is 13.3. The lowest BCUT2D eigenvalue weighted by Gasteiger charge is -2.47. The Balaban J connectivity index is 2.00. The largest absolute Gasteiger partial charge is 0.274 e. The molecule has 1 saturated carbocycles. The molecule has 1 aromatic rings. The van der Waals surface area contributed by atoms with Gasteiger partial charge in [-0.05, 0) is 51.7 Å². The molecule has 2 atom stereocenters. The molecule has 0 aromatic heterocycles. The van der Waals surface area contributed by atoms with Gasteiger partial charge in [-0.15, -0.1) is 0 Å². The number of carbonyl (C=O) groups is 2. The number of hydrogen-bond donors (Lipinski definition) is 0. The van der Waals surface area contributed by atoms with Crippen molar-refractivity contribution in [3.05, 3.63) is 42.0 Å². The van der Waals surface area contributed by atoms with Gasteiger partial charge in [0.1, 0.15) is 0 Å². The van der Waals surface area contributed by atoms with Gasteiger partial charge in [0.05, 0.1) is 11.1 Å². The topological polar surface area (TPSA) is 37.4 Å². The van der Waals surface area contributed by atoms with Crippen molar-refractivity contribution >= 4 is 17.5 Å². The highest BCUT2D eigenvalue weighted by Crippen LogP contribution is 2.49. The number of carbonyl (C=O) groups excluding carboxylic acids is 2. The molecule has 1 aliphatic heterocycles. The number of amides is 2. The fourth-order valence-electron chi connectivity index (χ4n) is 3.78. The number of nitrogens with zero attached hydrogens (tertiary/aromatic N) is 1. The van der Waals surface area contributed by atoms with Gasteiger partial charge in [0.25, 0.3) is 0 Å². The highest BCUT2D eigenvalue weighted by atomic mass is 16.2. The van der Waals surface area contributed by atoms with Crippen molar-refractivity contribution in [1.82, 2.24) is 0 Å². The van der Waals surface area contributed by atoms with E-state index in [9.17, 15) is 9.59 Å². The van der Waals surface area contributed by atoms with E-state index >= 15 is 0 Å². The standard InChI is InChI=1S/C19H23NO2/c1-14(2)10-12-19-11-6-7-15(13-19)17(21)20(18(19)22)16-8-4-3-5-9-16/h3-5,8-10,15H,6-7,11-13H2,1-2H3/t15-,19-/m1/s1. The van der Waals surface area contributed by atoms with Gasteiger partial charge in [0, 0.05) is 5.92 Å². The van der Waals surface area contributed by atoms with E-state index in [1.54, 1.807) is 0 Å². The van der Waals surface area contributed by atoms with Crippen LogP contribution in [-0.4, -0.2) is 11.8 Å². The number of imide groups is 1. The number of para-hydroxylation sites is 1. The van der Waals surface area contributed by atoms with Gasteiger partial charge in [-0.25, -0.2) is 4.90 Å². The average Bonchev–Trinajstić information content (AvgIpc) is 2.53. The third-order valence-electron chi connectivity index (χ3n) is 4.99. The fourth-order valence-corrected chi connectivity index (χ4v) is 3.78. The molecule has 0 N–H and O–H groups in total. The lowest BCUT2D eigenvalue weighted by molar-refractivity contribution is -0.144. The predicted octanol–water partition coefficient (Wildman–Crippen LogP) is 4.09. The van der Waals surface area contributed by atoms with Crippen molar-refractivity contribution in [1.29, 1.82) is 0 Å². The second-order valence-electron chi connectivity index (χ2n) is 6.87. The van der Waals surface area contributed by atoms with E-state index in [1.807, 2.05) is 30.3 Å². The van der Waals surface area contributed by atoms with E-state index in [4.69, 9.17) is 0 Å². The summed E-state index contributed by atoms with van der Waals surface area (Å²) < 4.78 is 0. The normalized spacial score (nSPS) is 27.7. The molecule has 2 amide bonds. The second-order valence-corrected chi connectivity index (χ2v) is 6.87. The van der Waals surface area contributed by atoms with Crippen molar-refractivity contribution in [2.24, 2.45) is 11.3 Å². The molecule has 0 radical (unpaired) electrons. The summed E-state index contributed by atoms with van der Waals surface area (Å²) in [6.45, 7) is 4.12. The Labute approximate surface area is 132 Å². The van der Waals surface area contributed by atoms with E-state index in [0.29, 0.717) is 5.69 Å². The maximum Gasteiger partial charge on any atom is 0.240 e. The molecule has 3 heteroatoms. The minimum absolute atomic E-state index is 0.00258. The van der Waals surface area contributed by atoms with Crippen molar-refractivity contribution in [3.8, 4) is 0 Å². The molecule has 1 saturated heterocycles. The molecule has 1 aliphatic carbocycles. The van der Waals surface area contributed by atoms with E-state index in [0.717, 1.165) is 32.1 Å². The molecular formula is C19H23NO2. The van der Waals surface area contributed by atoms with Crippen LogP contribution in [0.5, 0.6) is 0 Å². The number of allylic oxidation sites excluding steroid dienone is 2. The molecule has 1 heterocycles. The van der Waals surface area contributed by atoms with Gasteiger partial charge in [-0.2, -0.15) is 0 Å². The number of rotatable bonds is 3. The molecule has 2 bridgehead atoms. The van der Waals surface area contributed by atoms with Gasteiger partial charge in [-0.1, -0.05) is 36.3 Å². The van der Waals surface area contributed by atoms with Crippen LogP contribution in [0.25, 0.3) is 0 Å². The minimum Gasteiger partial charge on any atom is -0.274 e. The van der Waals surface area contributed by atoms with Gasteiger partial charge in [-0.3, -0.25) is 9.59 Å². The first kappa shape index (κ1) is 15.0. The number of anilines is 1. The minimum atomic E-state index is -0.385. The lowest BCUT2D eigenvalue weighted by Crippen LogP contribution is -2.57. The van der Waals surface area contributed by atoms with E-state index < -0.39 is 0 Å². The van der Waals surface area contributed by atoms with Gasteiger partial charge >= 0.3 is 0 Å². The average molecular weight is 297 g/mol. The first-order valence-corrected chi connectivity index (χ1v) is 8.10. The monoisotopic (exact) mass is 297 g/mol. The molecule has 2 aliphatic rings. The van der Waals surface area contributed by atoms with Crippen LogP contribution in [-0.2, 0) is 9.59 Å². The van der Waals surface area contributed by atoms with Gasteiger partial charge < -0.3 is 0 Å². The third-order valence-corrected chi connectivity index (χ3v) is 4.99. The maximum atomic E-state index is 13.2. The smallest absolute Gasteiger partial charge is 0.240 e. The maximum absolute atomic E-state index is 13.2. The Hall–Kier alpha value is -1.90. The first-order chi connectivity index (χ1) is 10.5. The Morgan fingerprint density at radius 3 is 2.68 bits per heavy atom. The summed E-state index contributed by atoms with van der Waals surface area (Å²) >= 11 is 0. The summed E-state index contributed by atoms with van der Waals surface area (Å²) in [4.78, 5) is 27.3. The summed E-state index contributed by atoms with van der Waals surface area (Å²) in [5.74, 6) is -0.0157. The lowest BCUT2D eigenvalue weighted by atomic mass is 9.64. The second kappa shape index (κ2) is 5.71. The fraction of sp³-hybridized carbons (Fsp3) is 0.474. The van der Waals surface area contributed by atoms with Crippen molar-refractivity contribution in [2.75, 3.05) is 4.90 Å². The van der Waals surface area contributed by atoms with E-state index in [-0.39, 0.29) is 23.1 Å². The van der Waals surface area contributed by atoms with Crippen molar-refractivity contribution < 1.29 is 9.59 Å². The van der Waals surface area contributed by atoms with Crippen molar-refractivity contribution in [3.63, 3.8) is 0 Å². The Morgan fingerprint density at radius 2 is 2.00 bits per heavy atom. The van der Waals surface area contributed by atoms with Crippen LogP contribution in [0.2, 0.25) is 0 Å². The summed E-state index contributed by atoms with van der Waals surface area (Å²) in [6.07, 6.45) is 6.40. The third kappa shape index (κ3) is 2.49. The Bertz CT molecular complexity index is 616. The van der Waals surface area contributed by atoms with Crippen LogP contribution < -0.4 is 4.90 Å². The summed E-state index contributed by atoms with van der Waals surface area (Å²) in [7, 11) is 0. The van der Waals surface area contributed by atoms with Crippen molar-refractivity contribution in [2.45, 2.75) is 46.0 Å². The van der Waals surface area contributed by atoms with E-state index in [2.05, 4.69) is 19.9 Å². The molecule has 22 heavy (non-hydrogen) atoms. The number of hydrogen-bond acceptors (Lipinski definition) is 2. The predicted molar refractivity (Wildman–Crippen MR) is 87.4 cm³/mol. The van der Waals surface area contributed by atoms with Crippen LogP contribution in [0.3, 0.4) is 0 Å². The zero-order chi connectivity index (χ0) is 15.7. The molecule has 0 unspecified atom stereocenters. The molecule has 3 nitrogen and oxygen atoms in total. The Kier molecular flexibility index (Phi) is 3.90. The SMILES string of the molecule is CC(C)=CC[C@]12CCC[C@H](C1)C(=O)N(c1ccccc1)C2=O. The van der Waals surface area contributed by atoms with Crippen LogP contribution >= 0.6 is 0 Å². The van der Waals surface area contributed by atoms with Gasteiger partial charge in [0.2, 0.25) is 11.8 Å². The quantitative estimate of drug-likeness (QED) is 0.622. The number of fused-ring (bicyclic) bond motifs is 2. The molecule has 3 rings (SSSR count). The molecule has 116 valence electrons. The summed E-state index contributed by atoms with van der Waals surface area (Å²) in [5.41, 5.74) is 1.56. The highest BCUT2D eigenvalue weighted by Gasteiger charge is 2.52. The summed E-state index contributed by atoms with van der Waals surface area (Å²) in [5, 5.41) is 0. The Morgan fingerprint density at radius 1 is 1.27 bits per heavy atom. The first-order valence-electron chi connectivity index (χ1n) is 8.10.